The normalized spacial score (nSPS) is 27.8. The zero-order valence-corrected chi connectivity index (χ0v) is 4.27. The minimum absolute atomic E-state index is 0.313. The highest BCUT2D eigenvalue weighted by Gasteiger charge is 2.04. The molecule has 0 aliphatic heterocycles. The number of alkyl halides is 1. The van der Waals surface area contributed by atoms with Crippen LogP contribution in [0.15, 0.2) is 24.1 Å². The third-order valence-corrected chi connectivity index (χ3v) is 0.978. The summed E-state index contributed by atoms with van der Waals surface area (Å²) in [5.74, 6) is -0.469. The monoisotopic (exact) mass is 116 g/mol. The van der Waals surface area contributed by atoms with Gasteiger partial charge in [-0.3, -0.25) is 0 Å². The van der Waals surface area contributed by atoms with Gasteiger partial charge in [0.15, 0.2) is 0 Å². The van der Waals surface area contributed by atoms with E-state index in [1.807, 2.05) is 0 Å². The van der Waals surface area contributed by atoms with Gasteiger partial charge < -0.3 is 0 Å². The van der Waals surface area contributed by atoms with Crippen LogP contribution in [0.3, 0.4) is 0 Å². The Labute approximate surface area is 46.5 Å². The summed E-state index contributed by atoms with van der Waals surface area (Å²) in [6, 6.07) is 0. The van der Waals surface area contributed by atoms with Crippen LogP contribution in [0.1, 0.15) is 6.42 Å². The fraction of sp³-hybridized carbons (Fsp3) is 0.333. The lowest BCUT2D eigenvalue weighted by Gasteiger charge is -2.01. The van der Waals surface area contributed by atoms with Crippen LogP contribution in [0.5, 0.6) is 0 Å². The average molecular weight is 116 g/mol. The molecule has 0 aromatic carbocycles. The maximum absolute atomic E-state index is 12.1. The van der Waals surface area contributed by atoms with Gasteiger partial charge in [0.25, 0.3) is 0 Å². The molecular formula is C6H6F2. The molecule has 0 saturated carbocycles. The van der Waals surface area contributed by atoms with Crippen LogP contribution in [0.2, 0.25) is 0 Å². The van der Waals surface area contributed by atoms with Crippen molar-refractivity contribution in [2.45, 2.75) is 12.6 Å². The molecule has 0 fully saturated rings. The van der Waals surface area contributed by atoms with Gasteiger partial charge in [0.05, 0.1) is 0 Å². The molecule has 0 spiro atoms. The molecule has 0 nitrogen and oxygen atoms in total. The first-order valence-electron chi connectivity index (χ1n) is 2.47. The second kappa shape index (κ2) is 2.07. The van der Waals surface area contributed by atoms with Crippen LogP contribution in [0.25, 0.3) is 0 Å². The van der Waals surface area contributed by atoms with Crippen LogP contribution in [0.4, 0.5) is 8.78 Å². The quantitative estimate of drug-likeness (QED) is 0.454. The molecule has 0 aromatic rings. The van der Waals surface area contributed by atoms with Crippen molar-refractivity contribution in [2.75, 3.05) is 0 Å². The molecule has 1 unspecified atom stereocenters. The van der Waals surface area contributed by atoms with E-state index in [9.17, 15) is 8.78 Å². The molecule has 44 valence electrons. The summed E-state index contributed by atoms with van der Waals surface area (Å²) in [5, 5.41) is 0. The standard InChI is InChI=1S/C6H6F2/c7-5-2-1-3-6(8)4-5/h1-2,4,6H,3H2. The summed E-state index contributed by atoms with van der Waals surface area (Å²) in [4.78, 5) is 0. The maximum atomic E-state index is 12.1. The van der Waals surface area contributed by atoms with Gasteiger partial charge in [0.2, 0.25) is 0 Å². The van der Waals surface area contributed by atoms with E-state index in [4.69, 9.17) is 0 Å². The van der Waals surface area contributed by atoms with Crippen molar-refractivity contribution in [3.05, 3.63) is 24.1 Å². The van der Waals surface area contributed by atoms with E-state index in [1.54, 1.807) is 0 Å². The van der Waals surface area contributed by atoms with Gasteiger partial charge in [-0.2, -0.15) is 0 Å². The van der Waals surface area contributed by atoms with Gasteiger partial charge in [0.1, 0.15) is 12.0 Å². The molecule has 1 aliphatic rings. The zero-order chi connectivity index (χ0) is 5.98. The molecule has 0 N–H and O–H groups in total. The van der Waals surface area contributed by atoms with Gasteiger partial charge >= 0.3 is 0 Å². The predicted molar refractivity (Wildman–Crippen MR) is 27.8 cm³/mol. The molecule has 8 heavy (non-hydrogen) atoms. The summed E-state index contributed by atoms with van der Waals surface area (Å²) in [5.41, 5.74) is 0. The van der Waals surface area contributed by atoms with Crippen LogP contribution in [0, 0.1) is 0 Å². The average Bonchev–Trinajstić information content (AvgIpc) is 1.64. The lowest BCUT2D eigenvalue weighted by atomic mass is 10.1. The summed E-state index contributed by atoms with van der Waals surface area (Å²) >= 11 is 0. The Morgan fingerprint density at radius 2 is 2.38 bits per heavy atom. The Balaban J connectivity index is 2.63. The van der Waals surface area contributed by atoms with E-state index >= 15 is 0 Å². The summed E-state index contributed by atoms with van der Waals surface area (Å²) in [6.07, 6.45) is 2.93. The smallest absolute Gasteiger partial charge is 0.125 e. The fourth-order valence-corrected chi connectivity index (χ4v) is 0.607. The Bertz CT molecular complexity index is 135. The minimum Gasteiger partial charge on any atom is -0.242 e. The largest absolute Gasteiger partial charge is 0.242 e. The van der Waals surface area contributed by atoms with Crippen molar-refractivity contribution >= 4 is 0 Å². The Hall–Kier alpha value is -0.660. The second-order valence-corrected chi connectivity index (χ2v) is 1.71. The van der Waals surface area contributed by atoms with Gasteiger partial charge in [0, 0.05) is 6.42 Å². The van der Waals surface area contributed by atoms with Crippen LogP contribution < -0.4 is 0 Å². The van der Waals surface area contributed by atoms with Crippen LogP contribution >= 0.6 is 0 Å². The van der Waals surface area contributed by atoms with Gasteiger partial charge in [-0.25, -0.2) is 8.78 Å². The molecule has 0 radical (unpaired) electrons. The van der Waals surface area contributed by atoms with Crippen LogP contribution in [-0.2, 0) is 0 Å². The van der Waals surface area contributed by atoms with E-state index in [0.29, 0.717) is 6.42 Å². The molecule has 0 aromatic heterocycles. The van der Waals surface area contributed by atoms with Crippen molar-refractivity contribution in [1.29, 1.82) is 0 Å². The molecule has 1 atom stereocenters. The lowest BCUT2D eigenvalue weighted by Crippen LogP contribution is -1.96. The molecular weight excluding hydrogens is 110 g/mol. The highest BCUT2D eigenvalue weighted by Crippen LogP contribution is 2.13. The van der Waals surface area contributed by atoms with E-state index in [1.165, 1.54) is 12.2 Å². The first-order chi connectivity index (χ1) is 3.79. The molecule has 1 aliphatic carbocycles. The molecule has 0 bridgehead atoms. The third-order valence-electron chi connectivity index (χ3n) is 0.978. The number of halogens is 2. The zero-order valence-electron chi connectivity index (χ0n) is 4.27. The molecule has 0 heterocycles. The van der Waals surface area contributed by atoms with Crippen molar-refractivity contribution in [3.8, 4) is 0 Å². The Morgan fingerprint density at radius 3 is 2.75 bits per heavy atom. The van der Waals surface area contributed by atoms with E-state index < -0.39 is 12.0 Å². The highest BCUT2D eigenvalue weighted by atomic mass is 19.1. The summed E-state index contributed by atoms with van der Waals surface area (Å²) < 4.78 is 24.0. The van der Waals surface area contributed by atoms with E-state index in [-0.39, 0.29) is 0 Å². The summed E-state index contributed by atoms with van der Waals surface area (Å²) in [6.45, 7) is 0. The minimum atomic E-state index is -1.11. The second-order valence-electron chi connectivity index (χ2n) is 1.71. The van der Waals surface area contributed by atoms with E-state index in [2.05, 4.69) is 0 Å². The Morgan fingerprint density at radius 1 is 1.62 bits per heavy atom. The number of rotatable bonds is 0. The van der Waals surface area contributed by atoms with Crippen molar-refractivity contribution in [1.82, 2.24) is 0 Å². The lowest BCUT2D eigenvalue weighted by molar-refractivity contribution is 0.393. The first kappa shape index (κ1) is 5.48. The van der Waals surface area contributed by atoms with Gasteiger partial charge in [-0.1, -0.05) is 6.08 Å². The predicted octanol–water partition coefficient (Wildman–Crippen LogP) is 2.14. The van der Waals surface area contributed by atoms with E-state index in [0.717, 1.165) is 6.08 Å². The van der Waals surface area contributed by atoms with Crippen molar-refractivity contribution in [2.24, 2.45) is 0 Å². The molecule has 0 saturated heterocycles. The Kier molecular flexibility index (Phi) is 1.42. The highest BCUT2D eigenvalue weighted by molar-refractivity contribution is 5.17. The van der Waals surface area contributed by atoms with Crippen LogP contribution in [-0.4, -0.2) is 6.17 Å². The van der Waals surface area contributed by atoms with Crippen molar-refractivity contribution in [3.63, 3.8) is 0 Å². The fourth-order valence-electron chi connectivity index (χ4n) is 0.607. The van der Waals surface area contributed by atoms with Gasteiger partial charge in [-0.05, 0) is 12.2 Å². The first-order valence-corrected chi connectivity index (χ1v) is 2.47. The third kappa shape index (κ3) is 1.15. The number of hydrogen-bond donors (Lipinski definition) is 0. The maximum Gasteiger partial charge on any atom is 0.125 e. The molecule has 1 rings (SSSR count). The topological polar surface area (TPSA) is 0 Å². The van der Waals surface area contributed by atoms with Gasteiger partial charge in [-0.15, -0.1) is 0 Å². The molecule has 0 amide bonds. The molecule has 2 heteroatoms. The number of allylic oxidation sites excluding steroid dienone is 4. The van der Waals surface area contributed by atoms with Crippen molar-refractivity contribution < 1.29 is 8.78 Å². The number of hydrogen-bond acceptors (Lipinski definition) is 0. The summed E-state index contributed by atoms with van der Waals surface area (Å²) in [7, 11) is 0. The SMILES string of the molecule is FC1=CC(F)CC=C1.